The van der Waals surface area contributed by atoms with Crippen molar-refractivity contribution in [2.24, 2.45) is 5.41 Å². The smallest absolute Gasteiger partial charge is 0.236 e. The van der Waals surface area contributed by atoms with Crippen LogP contribution in [0.5, 0.6) is 11.6 Å². The lowest BCUT2D eigenvalue weighted by Crippen LogP contribution is -2.26. The van der Waals surface area contributed by atoms with Crippen molar-refractivity contribution in [1.82, 2.24) is 9.97 Å². The highest BCUT2D eigenvalue weighted by atomic mass is 32.2. The molecule has 1 atom stereocenters. The molecule has 6 heteroatoms. The number of ether oxygens (including phenoxy) is 2. The lowest BCUT2D eigenvalue weighted by molar-refractivity contribution is -0.0396. The van der Waals surface area contributed by atoms with Crippen LogP contribution in [0.4, 0.5) is 5.95 Å². The second-order valence-corrected chi connectivity index (χ2v) is 9.02. The zero-order valence-electron chi connectivity index (χ0n) is 16.9. The fourth-order valence-electron chi connectivity index (χ4n) is 3.41. The van der Waals surface area contributed by atoms with Crippen LogP contribution >= 0.6 is 11.9 Å². The van der Waals surface area contributed by atoms with Crippen LogP contribution in [0, 0.1) is 5.41 Å². The molecule has 2 aromatic rings. The summed E-state index contributed by atoms with van der Waals surface area (Å²) in [7, 11) is 0. The molecule has 1 aromatic carbocycles. The largest absolute Gasteiger partial charge is 0.439 e. The normalized spacial score (nSPS) is 20.8. The molecular weight excluding hydrogens is 382 g/mol. The van der Waals surface area contributed by atoms with E-state index in [0.29, 0.717) is 11.8 Å². The Kier molecular flexibility index (Phi) is 6.21. The van der Waals surface area contributed by atoms with Crippen LogP contribution in [0.15, 0.2) is 59.5 Å². The number of hydrogen-bond donors (Lipinski definition) is 1. The van der Waals surface area contributed by atoms with Crippen LogP contribution in [0.2, 0.25) is 0 Å². The van der Waals surface area contributed by atoms with E-state index in [0.717, 1.165) is 43.7 Å². The molecule has 5 nitrogen and oxygen atoms in total. The third-order valence-electron chi connectivity index (χ3n) is 5.07. The molecule has 152 valence electrons. The fraction of sp³-hybridized carbons (Fsp3) is 0.391. The first-order valence-electron chi connectivity index (χ1n) is 10.1. The molecule has 0 radical (unpaired) electrons. The van der Waals surface area contributed by atoms with Gasteiger partial charge in [0, 0.05) is 17.6 Å². The minimum atomic E-state index is -0.0563. The van der Waals surface area contributed by atoms with Crippen LogP contribution in [0.3, 0.4) is 0 Å². The number of aromatic nitrogens is 2. The molecule has 4 rings (SSSR count). The first-order chi connectivity index (χ1) is 14.1. The first-order valence-corrected chi connectivity index (χ1v) is 10.9. The van der Waals surface area contributed by atoms with E-state index < -0.39 is 0 Å². The Hall–Kier alpha value is -2.31. The maximum absolute atomic E-state index is 6.05. The molecule has 0 spiro atoms. The number of benzene rings is 1. The van der Waals surface area contributed by atoms with Crippen molar-refractivity contribution in [3.63, 3.8) is 0 Å². The number of rotatable bonds is 6. The van der Waals surface area contributed by atoms with Gasteiger partial charge >= 0.3 is 0 Å². The minimum absolute atomic E-state index is 0.0563. The predicted molar refractivity (Wildman–Crippen MR) is 118 cm³/mol. The van der Waals surface area contributed by atoms with Gasteiger partial charge in [0.25, 0.3) is 0 Å². The number of allylic oxidation sites excluding steroid dienone is 3. The zero-order chi connectivity index (χ0) is 20.1. The van der Waals surface area contributed by atoms with Gasteiger partial charge in [-0.1, -0.05) is 50.3 Å². The topological polar surface area (TPSA) is 56.3 Å². The Bertz CT molecular complexity index is 896. The molecule has 0 saturated carbocycles. The number of nitrogens with one attached hydrogen (secondary N) is 1. The molecule has 2 aliphatic rings. The van der Waals surface area contributed by atoms with Crippen molar-refractivity contribution in [1.29, 1.82) is 0 Å². The Morgan fingerprint density at radius 2 is 2.03 bits per heavy atom. The van der Waals surface area contributed by atoms with Gasteiger partial charge in [-0.3, -0.25) is 4.72 Å². The monoisotopic (exact) mass is 409 g/mol. The number of anilines is 1. The number of nitrogens with zero attached hydrogens (tertiary/aromatic N) is 2. The highest BCUT2D eigenvalue weighted by Gasteiger charge is 2.31. The molecule has 0 amide bonds. The molecule has 1 saturated heterocycles. The Balaban J connectivity index is 1.58. The molecular formula is C23H27N3O2S. The second kappa shape index (κ2) is 9.01. The van der Waals surface area contributed by atoms with Crippen molar-refractivity contribution < 1.29 is 9.47 Å². The zero-order valence-corrected chi connectivity index (χ0v) is 17.7. The van der Waals surface area contributed by atoms with Gasteiger partial charge < -0.3 is 9.47 Å². The van der Waals surface area contributed by atoms with E-state index in [1.165, 1.54) is 16.9 Å². The van der Waals surface area contributed by atoms with E-state index in [9.17, 15) is 0 Å². The number of hydrogen-bond acceptors (Lipinski definition) is 6. The summed E-state index contributed by atoms with van der Waals surface area (Å²) < 4.78 is 15.3. The Morgan fingerprint density at radius 1 is 1.17 bits per heavy atom. The van der Waals surface area contributed by atoms with Gasteiger partial charge in [0.1, 0.15) is 11.9 Å². The quantitative estimate of drug-likeness (QED) is 0.554. The van der Waals surface area contributed by atoms with E-state index in [4.69, 9.17) is 14.5 Å². The van der Waals surface area contributed by atoms with E-state index in [1.807, 2.05) is 36.4 Å². The minimum Gasteiger partial charge on any atom is -0.439 e. The van der Waals surface area contributed by atoms with Crippen LogP contribution in [0.25, 0.3) is 0 Å². The second-order valence-electron chi connectivity index (χ2n) is 8.14. The van der Waals surface area contributed by atoms with Crippen LogP contribution in [-0.4, -0.2) is 16.6 Å². The van der Waals surface area contributed by atoms with Gasteiger partial charge in [0.2, 0.25) is 11.8 Å². The molecule has 2 heterocycles. The average molecular weight is 410 g/mol. The summed E-state index contributed by atoms with van der Waals surface area (Å²) in [5.74, 6) is 1.80. The van der Waals surface area contributed by atoms with Gasteiger partial charge in [-0.05, 0) is 55.2 Å². The molecule has 1 aliphatic heterocycles. The summed E-state index contributed by atoms with van der Waals surface area (Å²) in [6.07, 6.45) is 10.6. The predicted octanol–water partition coefficient (Wildman–Crippen LogP) is 6.44. The van der Waals surface area contributed by atoms with Crippen molar-refractivity contribution in [2.75, 3.05) is 11.3 Å². The van der Waals surface area contributed by atoms with Crippen LogP contribution < -0.4 is 9.46 Å². The van der Waals surface area contributed by atoms with Crippen molar-refractivity contribution >= 4 is 17.9 Å². The summed E-state index contributed by atoms with van der Waals surface area (Å²) in [5.41, 5.74) is 1.09. The molecule has 1 aliphatic carbocycles. The van der Waals surface area contributed by atoms with Gasteiger partial charge in [-0.25, -0.2) is 4.98 Å². The van der Waals surface area contributed by atoms with Gasteiger partial charge in [-0.2, -0.15) is 4.98 Å². The average Bonchev–Trinajstić information content (AvgIpc) is 2.73. The maximum atomic E-state index is 6.05. The van der Waals surface area contributed by atoms with Crippen molar-refractivity contribution in [2.45, 2.75) is 45.6 Å². The Labute approximate surface area is 176 Å². The number of para-hydroxylation sites is 1. The van der Waals surface area contributed by atoms with E-state index >= 15 is 0 Å². The third-order valence-corrected chi connectivity index (χ3v) is 5.90. The first kappa shape index (κ1) is 20.0. The van der Waals surface area contributed by atoms with Crippen molar-refractivity contribution in [3.05, 3.63) is 65.2 Å². The summed E-state index contributed by atoms with van der Waals surface area (Å²) in [6, 6.07) is 11.6. The van der Waals surface area contributed by atoms with Crippen LogP contribution in [0.1, 0.15) is 51.3 Å². The molecule has 1 aromatic heterocycles. The molecule has 1 fully saturated rings. The summed E-state index contributed by atoms with van der Waals surface area (Å²) in [6.45, 7) is 5.30. The molecule has 1 unspecified atom stereocenters. The molecule has 29 heavy (non-hydrogen) atoms. The lowest BCUT2D eigenvalue weighted by Gasteiger charge is -2.35. The van der Waals surface area contributed by atoms with Crippen molar-refractivity contribution in [3.8, 4) is 11.6 Å². The highest BCUT2D eigenvalue weighted by Crippen LogP contribution is 2.40. The van der Waals surface area contributed by atoms with Crippen LogP contribution in [-0.2, 0) is 4.74 Å². The van der Waals surface area contributed by atoms with Gasteiger partial charge in [0.05, 0.1) is 5.69 Å². The van der Waals surface area contributed by atoms with E-state index in [2.05, 4.69) is 41.8 Å². The fourth-order valence-corrected chi connectivity index (χ4v) is 4.08. The third kappa shape index (κ3) is 5.61. The molecule has 1 N–H and O–H groups in total. The summed E-state index contributed by atoms with van der Waals surface area (Å²) in [4.78, 5) is 10.5. The maximum Gasteiger partial charge on any atom is 0.236 e. The molecule has 0 bridgehead atoms. The highest BCUT2D eigenvalue weighted by molar-refractivity contribution is 8.04. The summed E-state index contributed by atoms with van der Waals surface area (Å²) in [5, 5.41) is 0. The van der Waals surface area contributed by atoms with Gasteiger partial charge in [-0.15, -0.1) is 0 Å². The van der Waals surface area contributed by atoms with Gasteiger partial charge in [0.15, 0.2) is 0 Å². The van der Waals surface area contributed by atoms with E-state index in [1.54, 1.807) is 0 Å². The lowest BCUT2D eigenvalue weighted by atomic mass is 9.81. The van der Waals surface area contributed by atoms with E-state index in [-0.39, 0.29) is 11.5 Å². The SMILES string of the molecule is CC1(C)CCOC(c2cc(Oc3ccccc3)nc(NSC3=CCCC=C3)n2)C1. The standard InChI is InChI=1S/C23H27N3O2S/c1-23(2)13-14-27-20(16-23)19-15-21(28-17-9-5-3-6-10-17)25-22(24-19)26-29-18-11-7-4-8-12-18/h3,5-7,9-12,15,20H,4,8,13-14,16H2,1-2H3,(H,24,25,26). The summed E-state index contributed by atoms with van der Waals surface area (Å²) >= 11 is 1.52. The Morgan fingerprint density at radius 3 is 2.79 bits per heavy atom.